The topological polar surface area (TPSA) is 0 Å². The first-order valence-corrected chi connectivity index (χ1v) is 3.89. The summed E-state index contributed by atoms with van der Waals surface area (Å²) in [7, 11) is 13.8. The minimum absolute atomic E-state index is 0.500. The molecule has 0 unspecified atom stereocenters. The summed E-state index contributed by atoms with van der Waals surface area (Å²) in [6, 6.07) is 0. The molecule has 0 spiro atoms. The van der Waals surface area contributed by atoms with Crippen molar-refractivity contribution in [3.05, 3.63) is 0 Å². The predicted octanol–water partition coefficient (Wildman–Crippen LogP) is -6.04. The van der Waals surface area contributed by atoms with Crippen LogP contribution in [0.25, 0.3) is 0 Å². The Morgan fingerprint density at radius 2 is 1.00 bits per heavy atom. The van der Waals surface area contributed by atoms with Gasteiger partial charge in [-0.05, 0) is 0 Å². The second-order valence-corrected chi connectivity index (χ2v) is 4.13. The molecule has 0 heterocycles. The fourth-order valence-corrected chi connectivity index (χ4v) is 0.667. The number of hydrogen-bond donors (Lipinski definition) is 0. The Balaban J connectivity index is 4.01. The van der Waals surface area contributed by atoms with Crippen LogP contribution in [-0.4, -0.2) is 59.6 Å². The first kappa shape index (κ1) is 9.52. The summed E-state index contributed by atoms with van der Waals surface area (Å²) in [6.45, 7) is 1.58. The summed E-state index contributed by atoms with van der Waals surface area (Å²) in [5.74, 6) is 0. The fourth-order valence-electron chi connectivity index (χ4n) is 0.667. The monoisotopic (exact) mass is 112 g/mol. The van der Waals surface area contributed by atoms with E-state index in [4.69, 9.17) is 0 Å². The van der Waals surface area contributed by atoms with Gasteiger partial charge >= 0.3 is 0 Å². The molecule has 0 aromatic rings. The van der Waals surface area contributed by atoms with Gasteiger partial charge in [0.15, 0.2) is 0 Å². The first-order chi connectivity index (χ1) is 3.89. The lowest BCUT2D eigenvalue weighted by atomic mass is 8.86. The lowest BCUT2D eigenvalue weighted by molar-refractivity contribution is 1.65. The van der Waals surface area contributed by atoms with Crippen LogP contribution in [-0.2, 0) is 0 Å². The van der Waals surface area contributed by atoms with E-state index in [9.17, 15) is 0 Å². The Bertz CT molecular complexity index is 72.6. The SMILES string of the molecule is BB(B)C(B)(B)B(B)B. The van der Waals surface area contributed by atoms with Crippen molar-refractivity contribution in [2.45, 2.75) is 5.01 Å². The van der Waals surface area contributed by atoms with Crippen molar-refractivity contribution in [2.75, 3.05) is 0 Å². The molecule has 0 aromatic heterocycles. The lowest BCUT2D eigenvalue weighted by Crippen LogP contribution is -2.48. The Kier molecular flexibility index (Phi) is 3.25. The summed E-state index contributed by atoms with van der Waals surface area (Å²) >= 11 is 0. The summed E-state index contributed by atoms with van der Waals surface area (Å²) in [5.41, 5.74) is 0. The molecule has 8 heteroatoms. The molecule has 0 N–H and O–H groups in total. The highest BCUT2D eigenvalue weighted by Crippen LogP contribution is 2.16. The van der Waals surface area contributed by atoms with Gasteiger partial charge in [0.1, 0.15) is 0 Å². The molecule has 0 fully saturated rings. The van der Waals surface area contributed by atoms with Gasteiger partial charge in [-0.15, -0.1) is 0 Å². The van der Waals surface area contributed by atoms with Crippen molar-refractivity contribution in [3.8, 4) is 0 Å². The second-order valence-electron chi connectivity index (χ2n) is 4.13. The standard InChI is InChI=1S/CH12B8/c2-1(3,8(4)5)9(6)7/h2-7H2. The van der Waals surface area contributed by atoms with E-state index in [0.29, 0.717) is 5.01 Å². The summed E-state index contributed by atoms with van der Waals surface area (Å²) in [4.78, 5) is 0. The van der Waals surface area contributed by atoms with E-state index in [1.54, 1.807) is 0 Å². The second kappa shape index (κ2) is 3.07. The van der Waals surface area contributed by atoms with Crippen LogP contribution in [0.15, 0.2) is 0 Å². The quantitative estimate of drug-likeness (QED) is 0.311. The van der Waals surface area contributed by atoms with Gasteiger partial charge in [-0.2, -0.15) is 5.01 Å². The molecular formula is CH12B8. The van der Waals surface area contributed by atoms with Crippen molar-refractivity contribution in [1.82, 2.24) is 0 Å². The highest BCUT2D eigenvalue weighted by Gasteiger charge is 2.28. The van der Waals surface area contributed by atoms with E-state index in [1.807, 2.05) is 0 Å². The average Bonchev–Trinajstić information content (AvgIpc) is 1.65. The third-order valence-electron chi connectivity index (χ3n) is 2.98. The molecule has 0 nitrogen and oxygen atoms in total. The van der Waals surface area contributed by atoms with Gasteiger partial charge < -0.3 is 0 Å². The van der Waals surface area contributed by atoms with Crippen molar-refractivity contribution >= 4 is 59.6 Å². The minimum Gasteiger partial charge on any atom is -0.151 e. The molecule has 0 atom stereocenters. The highest BCUT2D eigenvalue weighted by molar-refractivity contribution is 7.48. The van der Waals surface area contributed by atoms with E-state index < -0.39 is 0 Å². The van der Waals surface area contributed by atoms with Gasteiger partial charge in [0.05, 0.1) is 46.6 Å². The smallest absolute Gasteiger partial charge is 0.0819 e. The van der Waals surface area contributed by atoms with Crippen LogP contribution in [0.1, 0.15) is 0 Å². The van der Waals surface area contributed by atoms with Gasteiger partial charge in [-0.3, -0.25) is 0 Å². The molecule has 0 radical (unpaired) electrons. The third kappa shape index (κ3) is 2.31. The zero-order chi connectivity index (χ0) is 7.65. The first-order valence-electron chi connectivity index (χ1n) is 3.89. The molecular weight excluding hydrogens is 98.5 g/mol. The van der Waals surface area contributed by atoms with Crippen molar-refractivity contribution < 1.29 is 0 Å². The van der Waals surface area contributed by atoms with E-state index in [2.05, 4.69) is 46.6 Å². The molecule has 0 aromatic carbocycles. The zero-order valence-corrected chi connectivity index (χ0v) is 7.65. The van der Waals surface area contributed by atoms with Gasteiger partial charge in [0.25, 0.3) is 0 Å². The highest BCUT2D eigenvalue weighted by atomic mass is 13.7. The normalized spacial score (nSPS) is 10.7. The minimum atomic E-state index is 0.500. The average molecular weight is 111 g/mol. The number of rotatable bonds is 2. The predicted molar refractivity (Wildman–Crippen MR) is 65.5 cm³/mol. The molecule has 0 saturated heterocycles. The summed E-state index contributed by atoms with van der Waals surface area (Å²) in [5, 5.41) is 0.500. The van der Waals surface area contributed by atoms with Crippen LogP contribution >= 0.6 is 0 Å². The Morgan fingerprint density at radius 1 is 0.778 bits per heavy atom. The maximum Gasteiger partial charge on any atom is 0.0819 e. The Labute approximate surface area is 65.2 Å². The molecule has 0 amide bonds. The molecule has 0 saturated carbocycles. The summed E-state index contributed by atoms with van der Waals surface area (Å²) in [6.07, 6.45) is 0. The Hall–Kier alpha value is 0.519. The van der Waals surface area contributed by atoms with Crippen LogP contribution in [0.3, 0.4) is 0 Å². The van der Waals surface area contributed by atoms with E-state index in [0.717, 1.165) is 13.0 Å². The zero-order valence-electron chi connectivity index (χ0n) is 7.65. The maximum atomic E-state index is 2.34. The molecule has 0 aliphatic rings. The van der Waals surface area contributed by atoms with Crippen LogP contribution in [0.5, 0.6) is 0 Å². The van der Waals surface area contributed by atoms with Gasteiger partial charge in [-0.1, -0.05) is 0 Å². The lowest BCUT2D eigenvalue weighted by Gasteiger charge is -2.31. The van der Waals surface area contributed by atoms with Crippen LogP contribution in [0, 0.1) is 0 Å². The number of hydrogen-bond acceptors (Lipinski definition) is 0. The van der Waals surface area contributed by atoms with Gasteiger partial charge in [-0.25, -0.2) is 0 Å². The van der Waals surface area contributed by atoms with Crippen molar-refractivity contribution in [1.29, 1.82) is 0 Å². The van der Waals surface area contributed by atoms with Crippen LogP contribution in [0.2, 0.25) is 5.01 Å². The van der Waals surface area contributed by atoms with E-state index >= 15 is 0 Å². The van der Waals surface area contributed by atoms with Crippen LogP contribution in [0.4, 0.5) is 0 Å². The van der Waals surface area contributed by atoms with Crippen molar-refractivity contribution in [2.24, 2.45) is 0 Å². The molecule has 40 valence electrons. The summed E-state index contributed by atoms with van der Waals surface area (Å²) < 4.78 is 0. The Morgan fingerprint density at radius 3 is 1.00 bits per heavy atom. The van der Waals surface area contributed by atoms with E-state index in [-0.39, 0.29) is 0 Å². The molecule has 0 rings (SSSR count). The largest absolute Gasteiger partial charge is 0.151 e. The van der Waals surface area contributed by atoms with E-state index in [1.165, 1.54) is 0 Å². The van der Waals surface area contributed by atoms with Crippen molar-refractivity contribution in [3.63, 3.8) is 0 Å². The maximum absolute atomic E-state index is 2.34. The fraction of sp³-hybridized carbons (Fsp3) is 1.00. The van der Waals surface area contributed by atoms with Gasteiger partial charge in [0, 0.05) is 13.0 Å². The van der Waals surface area contributed by atoms with Crippen LogP contribution < -0.4 is 0 Å². The molecule has 9 heavy (non-hydrogen) atoms. The molecule has 0 bridgehead atoms. The third-order valence-corrected chi connectivity index (χ3v) is 2.98. The molecule has 0 aliphatic heterocycles. The van der Waals surface area contributed by atoms with Gasteiger partial charge in [0.2, 0.25) is 0 Å². The molecule has 0 aliphatic carbocycles.